The number of aliphatic hydroxyl groups excluding tert-OH is 1. The van der Waals surface area contributed by atoms with Gasteiger partial charge in [-0.1, -0.05) is 20.3 Å². The molecule has 74 valence electrons. The molecule has 0 radical (unpaired) electrons. The largest absolute Gasteiger partial charge is 0.393 e. The van der Waals surface area contributed by atoms with Gasteiger partial charge in [-0.05, 0) is 32.6 Å². The molecule has 0 fully saturated rings. The zero-order chi connectivity index (χ0) is 9.78. The summed E-state index contributed by atoms with van der Waals surface area (Å²) in [5, 5.41) is 19.1. The summed E-state index contributed by atoms with van der Waals surface area (Å²) >= 11 is 0. The van der Waals surface area contributed by atoms with Crippen LogP contribution in [0, 0.1) is 5.92 Å². The van der Waals surface area contributed by atoms with Crippen molar-refractivity contribution in [2.24, 2.45) is 5.92 Å². The lowest BCUT2D eigenvalue weighted by molar-refractivity contribution is 0.00144. The lowest BCUT2D eigenvalue weighted by Gasteiger charge is -2.28. The summed E-state index contributed by atoms with van der Waals surface area (Å²) in [5.41, 5.74) is -0.613. The van der Waals surface area contributed by atoms with Crippen LogP contribution in [-0.4, -0.2) is 21.9 Å². The molecule has 12 heavy (non-hydrogen) atoms. The average molecular weight is 174 g/mol. The summed E-state index contributed by atoms with van der Waals surface area (Å²) in [7, 11) is 0. The van der Waals surface area contributed by atoms with Crippen molar-refractivity contribution in [3.05, 3.63) is 0 Å². The molecule has 0 aliphatic heterocycles. The van der Waals surface area contributed by atoms with Crippen molar-refractivity contribution in [2.45, 2.75) is 58.7 Å². The summed E-state index contributed by atoms with van der Waals surface area (Å²) in [6, 6.07) is 0. The Morgan fingerprint density at radius 2 is 1.83 bits per heavy atom. The monoisotopic (exact) mass is 174 g/mol. The van der Waals surface area contributed by atoms with E-state index >= 15 is 0 Å². The fourth-order valence-corrected chi connectivity index (χ4v) is 1.37. The fraction of sp³-hybridized carbons (Fsp3) is 1.00. The van der Waals surface area contributed by atoms with E-state index in [1.165, 1.54) is 0 Å². The molecule has 0 heterocycles. The number of aliphatic hydroxyl groups is 2. The summed E-state index contributed by atoms with van der Waals surface area (Å²) in [6.07, 6.45) is 2.05. The highest BCUT2D eigenvalue weighted by Gasteiger charge is 2.24. The van der Waals surface area contributed by atoms with Crippen LogP contribution < -0.4 is 0 Å². The Morgan fingerprint density at radius 1 is 1.33 bits per heavy atom. The topological polar surface area (TPSA) is 40.5 Å². The van der Waals surface area contributed by atoms with E-state index in [0.29, 0.717) is 6.42 Å². The third-order valence-electron chi connectivity index (χ3n) is 2.67. The zero-order valence-electron chi connectivity index (χ0n) is 8.67. The Morgan fingerprint density at radius 3 is 2.08 bits per heavy atom. The number of hydrogen-bond donors (Lipinski definition) is 2. The van der Waals surface area contributed by atoms with Gasteiger partial charge in [0.15, 0.2) is 0 Å². The van der Waals surface area contributed by atoms with E-state index in [1.54, 1.807) is 6.92 Å². The van der Waals surface area contributed by atoms with Gasteiger partial charge in [0.25, 0.3) is 0 Å². The minimum Gasteiger partial charge on any atom is -0.393 e. The molecule has 0 bridgehead atoms. The predicted octanol–water partition coefficient (Wildman–Crippen LogP) is 1.94. The van der Waals surface area contributed by atoms with Crippen LogP contribution in [0.15, 0.2) is 0 Å². The van der Waals surface area contributed by atoms with Gasteiger partial charge in [0.05, 0.1) is 11.7 Å². The summed E-state index contributed by atoms with van der Waals surface area (Å²) in [4.78, 5) is 0. The van der Waals surface area contributed by atoms with Gasteiger partial charge in [-0.3, -0.25) is 0 Å². The second-order valence-corrected chi connectivity index (χ2v) is 3.96. The smallest absolute Gasteiger partial charge is 0.0620 e. The van der Waals surface area contributed by atoms with Crippen molar-refractivity contribution in [3.8, 4) is 0 Å². The first-order chi connectivity index (χ1) is 5.43. The van der Waals surface area contributed by atoms with Crippen molar-refractivity contribution in [2.75, 3.05) is 0 Å². The minimum absolute atomic E-state index is 0.222. The van der Waals surface area contributed by atoms with E-state index in [2.05, 4.69) is 0 Å². The molecule has 0 aliphatic rings. The minimum atomic E-state index is -0.613. The molecule has 0 aliphatic carbocycles. The average Bonchev–Trinajstić information content (AvgIpc) is 2.00. The van der Waals surface area contributed by atoms with Crippen LogP contribution in [0.1, 0.15) is 47.0 Å². The molecule has 2 heteroatoms. The Hall–Kier alpha value is -0.0800. The first kappa shape index (κ1) is 11.9. The van der Waals surface area contributed by atoms with E-state index < -0.39 is 5.60 Å². The molecule has 0 saturated heterocycles. The SMILES string of the molecule is CCC(CC(C)(O)CC)C(C)O. The van der Waals surface area contributed by atoms with Crippen LogP contribution in [0.25, 0.3) is 0 Å². The highest BCUT2D eigenvalue weighted by Crippen LogP contribution is 2.24. The van der Waals surface area contributed by atoms with Gasteiger partial charge >= 0.3 is 0 Å². The van der Waals surface area contributed by atoms with Gasteiger partial charge in [0.1, 0.15) is 0 Å². The van der Waals surface area contributed by atoms with Gasteiger partial charge in [-0.15, -0.1) is 0 Å². The van der Waals surface area contributed by atoms with Gasteiger partial charge < -0.3 is 10.2 Å². The van der Waals surface area contributed by atoms with Crippen LogP contribution in [0.2, 0.25) is 0 Å². The molecular formula is C10H22O2. The maximum Gasteiger partial charge on any atom is 0.0620 e. The molecule has 0 spiro atoms. The van der Waals surface area contributed by atoms with Crippen molar-refractivity contribution >= 4 is 0 Å². The first-order valence-electron chi connectivity index (χ1n) is 4.83. The quantitative estimate of drug-likeness (QED) is 0.668. The van der Waals surface area contributed by atoms with Gasteiger partial charge in [0, 0.05) is 0 Å². The van der Waals surface area contributed by atoms with Crippen molar-refractivity contribution < 1.29 is 10.2 Å². The molecular weight excluding hydrogens is 152 g/mol. The molecule has 0 aromatic carbocycles. The second-order valence-electron chi connectivity index (χ2n) is 3.96. The van der Waals surface area contributed by atoms with Crippen LogP contribution in [0.3, 0.4) is 0 Å². The van der Waals surface area contributed by atoms with Crippen LogP contribution in [-0.2, 0) is 0 Å². The lowest BCUT2D eigenvalue weighted by Crippen LogP contribution is -2.30. The van der Waals surface area contributed by atoms with Gasteiger partial charge in [-0.25, -0.2) is 0 Å². The standard InChI is InChI=1S/C10H22O2/c1-5-9(8(3)11)7-10(4,12)6-2/h8-9,11-12H,5-7H2,1-4H3. The summed E-state index contributed by atoms with van der Waals surface area (Å²) < 4.78 is 0. The van der Waals surface area contributed by atoms with Gasteiger partial charge in [-0.2, -0.15) is 0 Å². The van der Waals surface area contributed by atoms with E-state index in [4.69, 9.17) is 0 Å². The highest BCUT2D eigenvalue weighted by atomic mass is 16.3. The van der Waals surface area contributed by atoms with Gasteiger partial charge in [0.2, 0.25) is 0 Å². The molecule has 2 nitrogen and oxygen atoms in total. The summed E-state index contributed by atoms with van der Waals surface area (Å²) in [6.45, 7) is 7.63. The highest BCUT2D eigenvalue weighted by molar-refractivity contribution is 4.77. The second kappa shape index (κ2) is 4.83. The first-order valence-corrected chi connectivity index (χ1v) is 4.83. The van der Waals surface area contributed by atoms with E-state index in [0.717, 1.165) is 12.8 Å². The van der Waals surface area contributed by atoms with E-state index in [1.807, 2.05) is 20.8 Å². The number of hydrogen-bond acceptors (Lipinski definition) is 2. The molecule has 2 N–H and O–H groups in total. The maximum absolute atomic E-state index is 9.76. The predicted molar refractivity (Wildman–Crippen MR) is 51.0 cm³/mol. The van der Waals surface area contributed by atoms with Crippen molar-refractivity contribution in [1.82, 2.24) is 0 Å². The molecule has 0 rings (SSSR count). The van der Waals surface area contributed by atoms with E-state index in [9.17, 15) is 10.2 Å². The third-order valence-corrected chi connectivity index (χ3v) is 2.67. The molecule has 0 aromatic heterocycles. The Bertz CT molecular complexity index is 119. The normalized spacial score (nSPS) is 21.5. The fourth-order valence-electron chi connectivity index (χ4n) is 1.37. The van der Waals surface area contributed by atoms with Crippen LogP contribution in [0.5, 0.6) is 0 Å². The molecule has 0 aromatic rings. The van der Waals surface area contributed by atoms with Crippen molar-refractivity contribution in [1.29, 1.82) is 0 Å². The summed E-state index contributed by atoms with van der Waals surface area (Å²) in [5.74, 6) is 0.222. The zero-order valence-corrected chi connectivity index (χ0v) is 8.67. The Kier molecular flexibility index (Phi) is 4.80. The molecule has 3 unspecified atom stereocenters. The molecule has 0 saturated carbocycles. The Balaban J connectivity index is 4.01. The van der Waals surface area contributed by atoms with Crippen LogP contribution in [0.4, 0.5) is 0 Å². The van der Waals surface area contributed by atoms with Crippen molar-refractivity contribution in [3.63, 3.8) is 0 Å². The van der Waals surface area contributed by atoms with E-state index in [-0.39, 0.29) is 12.0 Å². The third kappa shape index (κ3) is 4.07. The number of rotatable bonds is 5. The Labute approximate surface area is 75.6 Å². The molecule has 0 amide bonds. The lowest BCUT2D eigenvalue weighted by atomic mass is 9.85. The molecule has 3 atom stereocenters. The maximum atomic E-state index is 9.76. The van der Waals surface area contributed by atoms with Crippen LogP contribution >= 0.6 is 0 Å².